The first-order valence-electron chi connectivity index (χ1n) is 8.03. The first-order chi connectivity index (χ1) is 11.6. The van der Waals surface area contributed by atoms with Gasteiger partial charge in [-0.15, -0.1) is 0 Å². The molecule has 24 heavy (non-hydrogen) atoms. The maximum atomic E-state index is 11.5. The second-order valence-electron chi connectivity index (χ2n) is 6.48. The molecule has 3 atom stereocenters. The quantitative estimate of drug-likeness (QED) is 0.453. The van der Waals surface area contributed by atoms with Gasteiger partial charge in [-0.3, -0.25) is 10.1 Å². The number of nitro benzene ring substituents is 1. The number of fused-ring (bicyclic) bond motifs is 3. The van der Waals surface area contributed by atoms with Gasteiger partial charge >= 0.3 is 0 Å². The molecule has 0 saturated heterocycles. The third kappa shape index (κ3) is 2.29. The van der Waals surface area contributed by atoms with Crippen molar-refractivity contribution in [2.75, 3.05) is 5.32 Å². The summed E-state index contributed by atoms with van der Waals surface area (Å²) in [5.41, 5.74) is 4.06. The maximum absolute atomic E-state index is 11.5. The second-order valence-corrected chi connectivity index (χ2v) is 6.91. The van der Waals surface area contributed by atoms with Gasteiger partial charge in [0.25, 0.3) is 5.69 Å². The van der Waals surface area contributed by atoms with E-state index >= 15 is 0 Å². The van der Waals surface area contributed by atoms with Gasteiger partial charge in [0.05, 0.1) is 16.5 Å². The molecule has 2 aliphatic rings. The number of benzene rings is 2. The molecule has 0 radical (unpaired) electrons. The molecule has 2 aromatic carbocycles. The molecule has 2 aromatic rings. The molecule has 4 rings (SSSR count). The van der Waals surface area contributed by atoms with Gasteiger partial charge in [0.2, 0.25) is 0 Å². The van der Waals surface area contributed by atoms with Crippen molar-refractivity contribution in [2.24, 2.45) is 5.92 Å². The first kappa shape index (κ1) is 15.2. The van der Waals surface area contributed by atoms with Crippen molar-refractivity contribution in [1.82, 2.24) is 0 Å². The van der Waals surface area contributed by atoms with Crippen LogP contribution in [-0.2, 0) is 0 Å². The van der Waals surface area contributed by atoms with Crippen molar-refractivity contribution in [3.8, 4) is 0 Å². The van der Waals surface area contributed by atoms with Crippen LogP contribution in [0.25, 0.3) is 0 Å². The normalized spacial score (nSPS) is 24.2. The highest BCUT2D eigenvalue weighted by molar-refractivity contribution is 6.30. The first-order valence-corrected chi connectivity index (χ1v) is 8.40. The lowest BCUT2D eigenvalue weighted by molar-refractivity contribution is -0.385. The van der Waals surface area contributed by atoms with Gasteiger partial charge < -0.3 is 5.32 Å². The van der Waals surface area contributed by atoms with E-state index in [1.54, 1.807) is 6.07 Å². The average Bonchev–Trinajstić information content (AvgIpc) is 3.04. The summed E-state index contributed by atoms with van der Waals surface area (Å²) in [6.45, 7) is 1.99. The van der Waals surface area contributed by atoms with Crippen LogP contribution in [0.5, 0.6) is 0 Å². The van der Waals surface area contributed by atoms with Crippen LogP contribution in [0.4, 0.5) is 11.4 Å². The Balaban J connectivity index is 1.88. The van der Waals surface area contributed by atoms with Crippen molar-refractivity contribution in [1.29, 1.82) is 0 Å². The minimum absolute atomic E-state index is 0.0607. The highest BCUT2D eigenvalue weighted by Crippen LogP contribution is 2.53. The number of rotatable bonds is 2. The lowest BCUT2D eigenvalue weighted by Crippen LogP contribution is -2.30. The Labute approximate surface area is 145 Å². The summed E-state index contributed by atoms with van der Waals surface area (Å²) >= 11 is 6.17. The van der Waals surface area contributed by atoms with Gasteiger partial charge in [-0.05, 0) is 42.5 Å². The van der Waals surface area contributed by atoms with Gasteiger partial charge in [0.1, 0.15) is 0 Å². The van der Waals surface area contributed by atoms with E-state index in [-0.39, 0.29) is 28.5 Å². The standard InChI is InChI=1S/C19H17ClN2O2/c1-11-8-9-16(22(23)24)17-14-6-3-7-15(14)19(21-18(11)17)12-4-2-5-13(20)10-12/h2-6,8-10,14-15,19,21H,7H2,1H3/t14?,15?,19-/m1/s1. The molecule has 0 fully saturated rings. The van der Waals surface area contributed by atoms with E-state index in [1.165, 1.54) is 0 Å². The number of aryl methyl sites for hydroxylation is 1. The Kier molecular flexibility index (Phi) is 3.57. The Hall–Kier alpha value is -2.33. The lowest BCUT2D eigenvalue weighted by atomic mass is 9.75. The number of hydrogen-bond donors (Lipinski definition) is 1. The molecular formula is C19H17ClN2O2. The summed E-state index contributed by atoms with van der Waals surface area (Å²) in [6.07, 6.45) is 5.16. The topological polar surface area (TPSA) is 55.2 Å². The fourth-order valence-electron chi connectivity index (χ4n) is 4.02. The van der Waals surface area contributed by atoms with Crippen molar-refractivity contribution in [3.63, 3.8) is 0 Å². The molecule has 5 heteroatoms. The maximum Gasteiger partial charge on any atom is 0.275 e. The molecule has 0 bridgehead atoms. The van der Waals surface area contributed by atoms with Crippen molar-refractivity contribution < 1.29 is 4.92 Å². The summed E-state index contributed by atoms with van der Waals surface area (Å²) in [7, 11) is 0. The molecule has 1 aliphatic heterocycles. The minimum Gasteiger partial charge on any atom is -0.377 e. The fourth-order valence-corrected chi connectivity index (χ4v) is 4.22. The molecule has 1 N–H and O–H groups in total. The van der Waals surface area contributed by atoms with Gasteiger partial charge in [0.15, 0.2) is 0 Å². The SMILES string of the molecule is Cc1ccc([N+](=O)[O-])c2c1N[C@H](c1cccc(Cl)c1)C1CC=CC21. The summed E-state index contributed by atoms with van der Waals surface area (Å²) in [6, 6.07) is 11.4. The van der Waals surface area contributed by atoms with Crippen LogP contribution in [-0.4, -0.2) is 4.92 Å². The highest BCUT2D eigenvalue weighted by atomic mass is 35.5. The van der Waals surface area contributed by atoms with Gasteiger partial charge in [0, 0.05) is 22.7 Å². The van der Waals surface area contributed by atoms with E-state index in [1.807, 2.05) is 31.2 Å². The molecule has 122 valence electrons. The van der Waals surface area contributed by atoms with E-state index in [0.717, 1.165) is 28.8 Å². The largest absolute Gasteiger partial charge is 0.377 e. The van der Waals surface area contributed by atoms with Gasteiger partial charge in [-0.1, -0.05) is 42.0 Å². The summed E-state index contributed by atoms with van der Waals surface area (Å²) in [5, 5.41) is 15.8. The highest BCUT2D eigenvalue weighted by Gasteiger charge is 2.42. The van der Waals surface area contributed by atoms with Crippen molar-refractivity contribution in [3.05, 3.63) is 80.4 Å². The van der Waals surface area contributed by atoms with Gasteiger partial charge in [-0.25, -0.2) is 0 Å². The Morgan fingerprint density at radius 2 is 2.12 bits per heavy atom. The Bertz CT molecular complexity index is 862. The molecule has 0 spiro atoms. The van der Waals surface area contributed by atoms with Crippen LogP contribution in [0.1, 0.15) is 35.1 Å². The predicted molar refractivity (Wildman–Crippen MR) is 95.6 cm³/mol. The zero-order valence-corrected chi connectivity index (χ0v) is 14.0. The number of nitrogens with one attached hydrogen (secondary N) is 1. The monoisotopic (exact) mass is 340 g/mol. The van der Waals surface area contributed by atoms with Gasteiger partial charge in [-0.2, -0.15) is 0 Å². The van der Waals surface area contributed by atoms with E-state index in [9.17, 15) is 10.1 Å². The van der Waals surface area contributed by atoms with Crippen LogP contribution in [0.3, 0.4) is 0 Å². The van der Waals surface area contributed by atoms with E-state index in [2.05, 4.69) is 23.5 Å². The molecule has 1 heterocycles. The summed E-state index contributed by atoms with van der Waals surface area (Å²) < 4.78 is 0. The lowest BCUT2D eigenvalue weighted by Gasteiger charge is -2.38. The van der Waals surface area contributed by atoms with Crippen LogP contribution >= 0.6 is 11.6 Å². The smallest absolute Gasteiger partial charge is 0.275 e. The predicted octanol–water partition coefficient (Wildman–Crippen LogP) is 5.38. The van der Waals surface area contributed by atoms with E-state index in [4.69, 9.17) is 11.6 Å². The molecular weight excluding hydrogens is 324 g/mol. The summed E-state index contributed by atoms with van der Waals surface area (Å²) in [5.74, 6) is 0.321. The zero-order chi connectivity index (χ0) is 16.8. The number of hydrogen-bond acceptors (Lipinski definition) is 3. The van der Waals surface area contributed by atoms with Crippen LogP contribution in [0.15, 0.2) is 48.6 Å². The molecule has 2 unspecified atom stereocenters. The van der Waals surface area contributed by atoms with E-state index < -0.39 is 0 Å². The molecule has 4 nitrogen and oxygen atoms in total. The number of allylic oxidation sites excluding steroid dienone is 2. The minimum atomic E-state index is -0.275. The zero-order valence-electron chi connectivity index (χ0n) is 13.2. The Morgan fingerprint density at radius 3 is 2.88 bits per heavy atom. The van der Waals surface area contributed by atoms with Crippen LogP contribution in [0, 0.1) is 23.0 Å². The third-order valence-corrected chi connectivity index (χ3v) is 5.34. The van der Waals surface area contributed by atoms with Crippen LogP contribution < -0.4 is 5.32 Å². The molecule has 0 amide bonds. The van der Waals surface area contributed by atoms with Crippen LogP contribution in [0.2, 0.25) is 5.02 Å². The number of nitrogens with zero attached hydrogens (tertiary/aromatic N) is 1. The van der Waals surface area contributed by atoms with E-state index in [0.29, 0.717) is 5.02 Å². The number of anilines is 1. The number of nitro groups is 1. The fraction of sp³-hybridized carbons (Fsp3) is 0.263. The van der Waals surface area contributed by atoms with Crippen molar-refractivity contribution in [2.45, 2.75) is 25.3 Å². The molecule has 0 aromatic heterocycles. The van der Waals surface area contributed by atoms with Crippen molar-refractivity contribution >= 4 is 23.0 Å². The third-order valence-electron chi connectivity index (χ3n) is 5.11. The Morgan fingerprint density at radius 1 is 1.29 bits per heavy atom. The molecule has 1 aliphatic carbocycles. The average molecular weight is 341 g/mol. The molecule has 0 saturated carbocycles. The second kappa shape index (κ2) is 5.64. The summed E-state index contributed by atoms with van der Waals surface area (Å²) in [4.78, 5) is 11.2. The number of halogens is 1.